The topological polar surface area (TPSA) is 151 Å². The van der Waals surface area contributed by atoms with Gasteiger partial charge < -0.3 is 30.3 Å². The Kier molecular flexibility index (Phi) is 16.4. The van der Waals surface area contributed by atoms with E-state index in [1.54, 1.807) is 0 Å². The van der Waals surface area contributed by atoms with E-state index in [2.05, 4.69) is 5.32 Å². The second-order valence-electron chi connectivity index (χ2n) is 13.6. The number of aliphatic carboxylic acids is 2. The van der Waals surface area contributed by atoms with Crippen molar-refractivity contribution in [2.75, 3.05) is 7.05 Å². The van der Waals surface area contributed by atoms with Crippen LogP contribution in [0.5, 0.6) is 0 Å². The number of nitrogens with one attached hydrogen (secondary N) is 2. The van der Waals surface area contributed by atoms with E-state index in [-0.39, 0.29) is 0 Å². The van der Waals surface area contributed by atoms with Gasteiger partial charge in [0.15, 0.2) is 12.3 Å². The molecule has 0 bridgehead atoms. The van der Waals surface area contributed by atoms with Gasteiger partial charge in [-0.25, -0.2) is 17.6 Å². The van der Waals surface area contributed by atoms with Crippen molar-refractivity contribution in [1.29, 1.82) is 0 Å². The summed E-state index contributed by atoms with van der Waals surface area (Å²) < 4.78 is 70.6. The maximum Gasteiger partial charge on any atom is 0.308 e. The van der Waals surface area contributed by atoms with E-state index < -0.39 is 162 Å². The van der Waals surface area contributed by atoms with Crippen LogP contribution in [0.4, 0.5) is 17.6 Å². The Morgan fingerprint density at radius 3 is 1.17 bits per heavy atom. The molecule has 10 nitrogen and oxygen atoms in total. The molecule has 0 aromatic carbocycles. The van der Waals surface area contributed by atoms with E-state index in [1.165, 1.54) is 7.05 Å². The van der Waals surface area contributed by atoms with Crippen LogP contribution in [0.2, 0.25) is 0 Å². The van der Waals surface area contributed by atoms with Crippen LogP contribution < -0.4 is 10.6 Å². The average Bonchev–Trinajstić information content (AvgIpc) is 3.12. The molecule has 22 atom stereocenters. The lowest BCUT2D eigenvalue weighted by Crippen LogP contribution is -2.66. The molecule has 4 N–H and O–H groups in total. The molecule has 4 aliphatic carbocycles. The van der Waals surface area contributed by atoms with E-state index in [0.29, 0.717) is 0 Å². The summed E-state index contributed by atoms with van der Waals surface area (Å²) in [7, 11) is 1.27. The number of rotatable bonds is 9. The third kappa shape index (κ3) is 8.67. The minimum Gasteiger partial charge on any atom is -0.481 e. The summed E-state index contributed by atoms with van der Waals surface area (Å²) in [4.78, 5) is 50.7. The summed E-state index contributed by atoms with van der Waals surface area (Å²) >= 11 is 66.3. The molecule has 4 fully saturated rings. The molecular weight excluding hydrogens is 947 g/mol. The Labute approximate surface area is 357 Å². The van der Waals surface area contributed by atoms with Crippen molar-refractivity contribution in [3.63, 3.8) is 0 Å². The Hall–Kier alpha value is 0.420. The number of halogens is 14. The Morgan fingerprint density at radius 2 is 0.815 bits per heavy atom. The van der Waals surface area contributed by atoms with Crippen LogP contribution in [0.3, 0.4) is 0 Å². The highest BCUT2D eigenvalue weighted by Gasteiger charge is 2.61. The van der Waals surface area contributed by atoms with Crippen LogP contribution in [0.15, 0.2) is 0 Å². The number of carbonyl (C=O) groups excluding carboxylic acids is 2. The lowest BCUT2D eigenvalue weighted by molar-refractivity contribution is -0.154. The molecule has 0 saturated heterocycles. The van der Waals surface area contributed by atoms with Gasteiger partial charge in [0.05, 0.1) is 108 Å². The number of carbonyl (C=O) groups is 4. The van der Waals surface area contributed by atoms with Crippen LogP contribution in [0.1, 0.15) is 6.92 Å². The molecule has 0 heterocycles. The molecular formula is C30H34Cl10F4N2O8. The lowest BCUT2D eigenvalue weighted by atomic mass is 9.75. The smallest absolute Gasteiger partial charge is 0.308 e. The number of hydrogen-bond acceptors (Lipinski definition) is 6. The molecule has 0 aliphatic heterocycles. The lowest BCUT2D eigenvalue weighted by Gasteiger charge is -2.50. The quantitative estimate of drug-likeness (QED) is 0.176. The molecule has 310 valence electrons. The van der Waals surface area contributed by atoms with Gasteiger partial charge in [0.1, 0.15) is 12.3 Å². The van der Waals surface area contributed by atoms with Crippen molar-refractivity contribution in [1.82, 2.24) is 10.6 Å². The van der Waals surface area contributed by atoms with Crippen molar-refractivity contribution < 1.29 is 56.4 Å². The van der Waals surface area contributed by atoms with Gasteiger partial charge in [-0.3, -0.25) is 19.2 Å². The number of amides is 2. The summed E-state index contributed by atoms with van der Waals surface area (Å²) in [6.45, 7) is 0.982. The molecule has 0 aromatic rings. The van der Waals surface area contributed by atoms with Gasteiger partial charge in [-0.15, -0.1) is 116 Å². The SMILES string of the molecule is CNC(=O)C1C(Cl)C(OC2C(Cl)C(Cl)C(OC3C(Cl)C(Cl)C(C(=O)O)C(C(=O)NC4C(F)C(C)C(F)C(F)C4F)C3Cl)C(Cl)C2Cl)C(Cl)C(Cl)C1C(=O)O. The molecule has 0 aromatic heterocycles. The Morgan fingerprint density at radius 1 is 0.481 bits per heavy atom. The molecule has 0 spiro atoms. The number of hydrogen-bond donors (Lipinski definition) is 4. The monoisotopic (exact) mass is 976 g/mol. The van der Waals surface area contributed by atoms with Crippen LogP contribution in [-0.2, 0) is 28.7 Å². The number of alkyl halides is 14. The van der Waals surface area contributed by atoms with Crippen LogP contribution >= 0.6 is 116 Å². The first-order chi connectivity index (χ1) is 25.0. The van der Waals surface area contributed by atoms with Gasteiger partial charge in [-0.05, 0) is 0 Å². The Balaban J connectivity index is 1.57. The van der Waals surface area contributed by atoms with E-state index in [0.717, 1.165) is 6.92 Å². The fourth-order valence-corrected chi connectivity index (χ4v) is 11.7. The molecule has 22 unspecified atom stereocenters. The Bertz CT molecular complexity index is 1380. The first-order valence-corrected chi connectivity index (χ1v) is 20.6. The zero-order valence-electron chi connectivity index (χ0n) is 27.5. The van der Waals surface area contributed by atoms with Gasteiger partial charge in [-0.2, -0.15) is 0 Å². The minimum absolute atomic E-state index is 0.756. The highest BCUT2D eigenvalue weighted by atomic mass is 35.5. The molecule has 4 saturated carbocycles. The zero-order chi connectivity index (χ0) is 41.0. The molecule has 2 amide bonds. The van der Waals surface area contributed by atoms with E-state index in [4.69, 9.17) is 125 Å². The van der Waals surface area contributed by atoms with Crippen LogP contribution in [-0.4, -0.2) is 150 Å². The average molecular weight is 981 g/mol. The molecule has 54 heavy (non-hydrogen) atoms. The summed E-state index contributed by atoms with van der Waals surface area (Å²) in [6, 6.07) is -2.21. The van der Waals surface area contributed by atoms with Crippen molar-refractivity contribution in [2.45, 2.75) is 116 Å². The molecule has 4 aliphatic rings. The molecule has 4 rings (SSSR count). The van der Waals surface area contributed by atoms with Gasteiger partial charge >= 0.3 is 11.9 Å². The second-order valence-corrected chi connectivity index (χ2v) is 18.7. The summed E-state index contributed by atoms with van der Waals surface area (Å²) in [5.41, 5.74) is 0. The second kappa shape index (κ2) is 18.8. The maximum atomic E-state index is 15.0. The van der Waals surface area contributed by atoms with Gasteiger partial charge in [0.2, 0.25) is 11.8 Å². The first-order valence-electron chi connectivity index (χ1n) is 16.3. The third-order valence-electron chi connectivity index (χ3n) is 10.5. The van der Waals surface area contributed by atoms with Crippen LogP contribution in [0, 0.1) is 29.6 Å². The fourth-order valence-electron chi connectivity index (χ4n) is 7.47. The summed E-state index contributed by atoms with van der Waals surface area (Å²) in [6.07, 6.45) is -16.2. The van der Waals surface area contributed by atoms with Crippen LogP contribution in [0.25, 0.3) is 0 Å². The summed E-state index contributed by atoms with van der Waals surface area (Å²) in [5, 5.41) is 9.91. The number of carboxylic acid groups (broad SMARTS) is 2. The predicted octanol–water partition coefficient (Wildman–Crippen LogP) is 5.48. The van der Waals surface area contributed by atoms with E-state index >= 15 is 4.39 Å². The third-order valence-corrected chi connectivity index (χ3v) is 16.3. The largest absolute Gasteiger partial charge is 0.481 e. The van der Waals surface area contributed by atoms with Gasteiger partial charge in [-0.1, -0.05) is 6.92 Å². The van der Waals surface area contributed by atoms with Crippen molar-refractivity contribution in [3.8, 4) is 0 Å². The number of carboxylic acids is 2. The highest BCUT2D eigenvalue weighted by Crippen LogP contribution is 2.48. The summed E-state index contributed by atoms with van der Waals surface area (Å²) in [5.74, 6) is -13.6. The van der Waals surface area contributed by atoms with Gasteiger partial charge in [0, 0.05) is 13.0 Å². The zero-order valence-corrected chi connectivity index (χ0v) is 35.1. The van der Waals surface area contributed by atoms with Gasteiger partial charge in [0.25, 0.3) is 0 Å². The van der Waals surface area contributed by atoms with E-state index in [9.17, 15) is 42.6 Å². The number of ether oxygens (including phenoxy) is 2. The predicted molar refractivity (Wildman–Crippen MR) is 198 cm³/mol. The minimum atomic E-state index is -2.83. The van der Waals surface area contributed by atoms with Crippen molar-refractivity contribution in [2.24, 2.45) is 29.6 Å². The maximum absolute atomic E-state index is 15.0. The fraction of sp³-hybridized carbons (Fsp3) is 0.867. The van der Waals surface area contributed by atoms with Crippen molar-refractivity contribution in [3.05, 3.63) is 0 Å². The normalized spacial score (nSPS) is 51.2. The highest BCUT2D eigenvalue weighted by molar-refractivity contribution is 6.36. The van der Waals surface area contributed by atoms with Crippen molar-refractivity contribution >= 4 is 140 Å². The molecule has 24 heteroatoms. The first kappa shape index (κ1) is 47.1. The molecule has 0 radical (unpaired) electrons. The standard InChI is InChI=1S/C30H34Cl10F4N2O8/c1-3-18(41)20(43)21(44)22(19(3)42)46-28(48)5-7(30(51)52)9(32)13(36)24(11(5)34)54-26-16(39)14(37)25(15(38)17(26)40)53-23-10(33)4(27(47)45-2)6(29(49)50)8(31)12(23)35/h3-26H,1-2H3,(H,45,47)(H,46,48)(H,49,50)(H,51,52). The van der Waals surface area contributed by atoms with E-state index in [1.807, 2.05) is 5.32 Å².